The predicted octanol–water partition coefficient (Wildman–Crippen LogP) is 2.45. The molecule has 3 heterocycles. The number of carbonyl (C=O) groups excluding carboxylic acids is 1. The van der Waals surface area contributed by atoms with Crippen LogP contribution in [0.2, 0.25) is 0 Å². The van der Waals surface area contributed by atoms with Crippen molar-refractivity contribution in [2.45, 2.75) is 26.2 Å². The fraction of sp³-hybridized carbons (Fsp3) is 0.350. The third-order valence-electron chi connectivity index (χ3n) is 5.31. The molecule has 0 atom stereocenters. The predicted molar refractivity (Wildman–Crippen MR) is 102 cm³/mol. The van der Waals surface area contributed by atoms with Crippen LogP contribution in [0, 0.1) is 12.8 Å². The lowest BCUT2D eigenvalue weighted by Gasteiger charge is -2.30. The molecule has 0 spiro atoms. The molecule has 1 aliphatic rings. The summed E-state index contributed by atoms with van der Waals surface area (Å²) < 4.78 is 1.68. The number of aliphatic carboxylic acids is 1. The van der Waals surface area contributed by atoms with Crippen LogP contribution >= 0.6 is 0 Å². The highest BCUT2D eigenvalue weighted by Gasteiger charge is 2.28. The monoisotopic (exact) mass is 379 g/mol. The molecule has 8 heteroatoms. The van der Waals surface area contributed by atoms with Gasteiger partial charge in [-0.15, -0.1) is 5.10 Å². The fourth-order valence-electron chi connectivity index (χ4n) is 3.76. The van der Waals surface area contributed by atoms with Crippen LogP contribution in [0.4, 0.5) is 0 Å². The van der Waals surface area contributed by atoms with Crippen LogP contribution in [0.15, 0.2) is 36.5 Å². The number of fused-ring (bicyclic) bond motifs is 1. The van der Waals surface area contributed by atoms with Gasteiger partial charge in [0.1, 0.15) is 0 Å². The maximum absolute atomic E-state index is 12.9. The lowest BCUT2D eigenvalue weighted by atomic mass is 9.93. The SMILES string of the molecule is Cc1c(C(=O)N2CCC(CC(=O)O)CC2)nnn1-c1cccc2ncccc12. The summed E-state index contributed by atoms with van der Waals surface area (Å²) in [6.07, 6.45) is 3.29. The average Bonchev–Trinajstić information content (AvgIpc) is 3.08. The van der Waals surface area contributed by atoms with Crippen LogP contribution in [0.25, 0.3) is 16.6 Å². The number of piperidine rings is 1. The van der Waals surface area contributed by atoms with Crippen LogP contribution < -0.4 is 0 Å². The summed E-state index contributed by atoms with van der Waals surface area (Å²) in [5.74, 6) is -0.814. The second kappa shape index (κ2) is 7.38. The highest BCUT2D eigenvalue weighted by molar-refractivity contribution is 5.94. The molecule has 8 nitrogen and oxygen atoms in total. The average molecular weight is 379 g/mol. The molecule has 1 saturated heterocycles. The van der Waals surface area contributed by atoms with Gasteiger partial charge in [0.05, 0.1) is 16.9 Å². The Morgan fingerprint density at radius 1 is 1.18 bits per heavy atom. The second-order valence-corrected chi connectivity index (χ2v) is 7.12. The lowest BCUT2D eigenvalue weighted by Crippen LogP contribution is -2.39. The molecule has 4 rings (SSSR count). The lowest BCUT2D eigenvalue weighted by molar-refractivity contribution is -0.138. The van der Waals surface area contributed by atoms with Crippen molar-refractivity contribution in [2.75, 3.05) is 13.1 Å². The molecule has 3 aromatic rings. The number of rotatable bonds is 4. The Bertz CT molecular complexity index is 1030. The first kappa shape index (κ1) is 18.1. The van der Waals surface area contributed by atoms with E-state index in [4.69, 9.17) is 5.11 Å². The Kier molecular flexibility index (Phi) is 4.77. The Hall–Kier alpha value is -3.29. The molecule has 0 unspecified atom stereocenters. The second-order valence-electron chi connectivity index (χ2n) is 7.12. The van der Waals surface area contributed by atoms with Crippen LogP contribution in [0.1, 0.15) is 35.4 Å². The molecule has 2 aromatic heterocycles. The molecular formula is C20H21N5O3. The van der Waals surface area contributed by atoms with Gasteiger partial charge in [-0.1, -0.05) is 11.3 Å². The van der Waals surface area contributed by atoms with E-state index in [0.717, 1.165) is 16.6 Å². The molecule has 1 fully saturated rings. The molecule has 1 aromatic carbocycles. The fourth-order valence-corrected chi connectivity index (χ4v) is 3.76. The first-order chi connectivity index (χ1) is 13.5. The zero-order valence-corrected chi connectivity index (χ0v) is 15.6. The van der Waals surface area contributed by atoms with Crippen molar-refractivity contribution in [3.05, 3.63) is 47.9 Å². The van der Waals surface area contributed by atoms with E-state index in [1.165, 1.54) is 0 Å². The smallest absolute Gasteiger partial charge is 0.303 e. The molecule has 0 saturated carbocycles. The van der Waals surface area contributed by atoms with Crippen molar-refractivity contribution in [1.29, 1.82) is 0 Å². The van der Waals surface area contributed by atoms with Crippen molar-refractivity contribution in [3.8, 4) is 5.69 Å². The highest BCUT2D eigenvalue weighted by atomic mass is 16.4. The third-order valence-corrected chi connectivity index (χ3v) is 5.31. The minimum absolute atomic E-state index is 0.126. The number of nitrogens with zero attached hydrogens (tertiary/aromatic N) is 5. The quantitative estimate of drug-likeness (QED) is 0.747. The minimum atomic E-state index is -0.784. The highest BCUT2D eigenvalue weighted by Crippen LogP contribution is 2.24. The van der Waals surface area contributed by atoms with Crippen LogP contribution in [-0.2, 0) is 4.79 Å². The van der Waals surface area contributed by atoms with Gasteiger partial charge in [-0.2, -0.15) is 0 Å². The zero-order chi connectivity index (χ0) is 19.7. The summed E-state index contributed by atoms with van der Waals surface area (Å²) >= 11 is 0. The normalized spacial score (nSPS) is 15.1. The Labute approximate surface area is 161 Å². The Morgan fingerprint density at radius 2 is 1.96 bits per heavy atom. The van der Waals surface area contributed by atoms with Crippen LogP contribution in [-0.4, -0.2) is 55.0 Å². The standard InChI is InChI=1S/C20H21N5O3/c1-13-19(20(28)24-10-7-14(8-11-24)12-18(26)27)22-23-25(13)17-6-2-5-16-15(17)4-3-9-21-16/h2-6,9,14H,7-8,10-12H2,1H3,(H,26,27). The van der Waals surface area contributed by atoms with Gasteiger partial charge < -0.3 is 10.0 Å². The summed E-state index contributed by atoms with van der Waals surface area (Å²) in [6.45, 7) is 2.92. The van der Waals surface area contributed by atoms with E-state index in [0.29, 0.717) is 37.3 Å². The van der Waals surface area contributed by atoms with Crippen molar-refractivity contribution in [2.24, 2.45) is 5.92 Å². The summed E-state index contributed by atoms with van der Waals surface area (Å²) in [4.78, 5) is 29.9. The number of carbonyl (C=O) groups is 2. The summed E-state index contributed by atoms with van der Waals surface area (Å²) in [5.41, 5.74) is 2.68. The molecule has 28 heavy (non-hydrogen) atoms. The van der Waals surface area contributed by atoms with E-state index in [-0.39, 0.29) is 18.2 Å². The number of hydrogen-bond acceptors (Lipinski definition) is 5. The minimum Gasteiger partial charge on any atom is -0.481 e. The van der Waals surface area contributed by atoms with Crippen molar-refractivity contribution >= 4 is 22.8 Å². The van der Waals surface area contributed by atoms with Crippen molar-refractivity contribution < 1.29 is 14.7 Å². The van der Waals surface area contributed by atoms with Gasteiger partial charge in [0.25, 0.3) is 5.91 Å². The van der Waals surface area contributed by atoms with Gasteiger partial charge in [0.15, 0.2) is 5.69 Å². The van der Waals surface area contributed by atoms with E-state index in [9.17, 15) is 9.59 Å². The van der Waals surface area contributed by atoms with Gasteiger partial charge in [0.2, 0.25) is 0 Å². The van der Waals surface area contributed by atoms with Gasteiger partial charge in [-0.25, -0.2) is 4.68 Å². The first-order valence-electron chi connectivity index (χ1n) is 9.32. The molecule has 1 amide bonds. The first-order valence-corrected chi connectivity index (χ1v) is 9.32. The Morgan fingerprint density at radius 3 is 2.71 bits per heavy atom. The van der Waals surface area contributed by atoms with Crippen molar-refractivity contribution in [3.63, 3.8) is 0 Å². The largest absolute Gasteiger partial charge is 0.481 e. The van der Waals surface area contributed by atoms with Crippen LogP contribution in [0.3, 0.4) is 0 Å². The number of carboxylic acids is 1. The van der Waals surface area contributed by atoms with Gasteiger partial charge in [-0.05, 0) is 49.9 Å². The van der Waals surface area contributed by atoms with E-state index >= 15 is 0 Å². The van der Waals surface area contributed by atoms with E-state index in [1.54, 1.807) is 15.8 Å². The number of benzene rings is 1. The molecule has 0 bridgehead atoms. The molecule has 0 aliphatic carbocycles. The third kappa shape index (κ3) is 3.33. The molecular weight excluding hydrogens is 358 g/mol. The zero-order valence-electron chi connectivity index (χ0n) is 15.6. The number of carboxylic acid groups (broad SMARTS) is 1. The maximum Gasteiger partial charge on any atom is 0.303 e. The molecule has 1 N–H and O–H groups in total. The van der Waals surface area contributed by atoms with Crippen LogP contribution in [0.5, 0.6) is 0 Å². The number of aromatic nitrogens is 4. The summed E-state index contributed by atoms with van der Waals surface area (Å²) in [7, 11) is 0. The van der Waals surface area contributed by atoms with E-state index in [2.05, 4.69) is 15.3 Å². The molecule has 1 aliphatic heterocycles. The van der Waals surface area contributed by atoms with Gasteiger partial charge in [0, 0.05) is 31.1 Å². The molecule has 0 radical (unpaired) electrons. The van der Waals surface area contributed by atoms with E-state index < -0.39 is 5.97 Å². The topological polar surface area (TPSA) is 101 Å². The number of hydrogen-bond donors (Lipinski definition) is 1. The number of amides is 1. The number of pyridine rings is 1. The summed E-state index contributed by atoms with van der Waals surface area (Å²) in [5, 5.41) is 18.2. The van der Waals surface area contributed by atoms with Crippen molar-refractivity contribution in [1.82, 2.24) is 24.9 Å². The number of likely N-dealkylation sites (tertiary alicyclic amines) is 1. The molecule has 144 valence electrons. The Balaban J connectivity index is 1.57. The van der Waals surface area contributed by atoms with Gasteiger partial charge >= 0.3 is 5.97 Å². The van der Waals surface area contributed by atoms with Gasteiger partial charge in [-0.3, -0.25) is 14.6 Å². The van der Waals surface area contributed by atoms with E-state index in [1.807, 2.05) is 37.3 Å². The maximum atomic E-state index is 12.9. The summed E-state index contributed by atoms with van der Waals surface area (Å²) in [6, 6.07) is 9.59.